The molecule has 0 aliphatic carbocycles. The topological polar surface area (TPSA) is 0 Å². The average molecular weight is 439 g/mol. The largest absolute Gasteiger partial charge is 0.121 e. The summed E-state index contributed by atoms with van der Waals surface area (Å²) >= 11 is 9.27. The molecule has 0 fully saturated rings. The van der Waals surface area contributed by atoms with Crippen molar-refractivity contribution in [3.8, 4) is 0 Å². The second-order valence-corrected chi connectivity index (χ2v) is 10.1. The molecule has 0 N–H and O–H groups in total. The van der Waals surface area contributed by atoms with Crippen molar-refractivity contribution in [3.63, 3.8) is 0 Å². The zero-order valence-electron chi connectivity index (χ0n) is 15.1. The molecule has 0 atom stereocenters. The van der Waals surface area contributed by atoms with Gasteiger partial charge in [-0.25, -0.2) is 0 Å². The normalized spacial score (nSPS) is 10.3. The van der Waals surface area contributed by atoms with Crippen LogP contribution in [-0.2, 0) is 0 Å². The van der Waals surface area contributed by atoms with Gasteiger partial charge in [-0.3, -0.25) is 0 Å². The van der Waals surface area contributed by atoms with Crippen LogP contribution in [0.15, 0.2) is 93.8 Å². The molecule has 0 unspecified atom stereocenters. The lowest BCUT2D eigenvalue weighted by molar-refractivity contribution is 0.963. The Morgan fingerprint density at radius 1 is 0.500 bits per heavy atom. The summed E-state index contributed by atoms with van der Waals surface area (Å²) in [6, 6.07) is 2.33. The van der Waals surface area contributed by atoms with Crippen molar-refractivity contribution in [2.75, 3.05) is 28.8 Å². The van der Waals surface area contributed by atoms with Gasteiger partial charge in [0.05, 0.1) is 0 Å². The molecule has 0 radical (unpaired) electrons. The molecule has 0 aliphatic rings. The van der Waals surface area contributed by atoms with E-state index in [4.69, 9.17) is 0 Å². The fourth-order valence-electron chi connectivity index (χ4n) is 1.92. The Bertz CT molecular complexity index is 588. The van der Waals surface area contributed by atoms with Crippen molar-refractivity contribution in [2.45, 2.75) is 24.5 Å². The van der Waals surface area contributed by atoms with Crippen LogP contribution in [0.1, 0.15) is 0 Å². The van der Waals surface area contributed by atoms with E-state index < -0.39 is 0 Å². The molecule has 1 aromatic rings. The number of benzene rings is 1. The average Bonchev–Trinajstić information content (AvgIpc) is 2.66. The first kappa shape index (κ1) is 23.7. The second-order valence-electron chi connectivity index (χ2n) is 4.86. The molecule has 1 aromatic carbocycles. The van der Waals surface area contributed by atoms with Crippen molar-refractivity contribution in [1.29, 1.82) is 0 Å². The van der Waals surface area contributed by atoms with Crippen LogP contribution in [0.25, 0.3) is 0 Å². The van der Waals surface area contributed by atoms with Crippen LogP contribution in [0, 0.1) is 0 Å². The van der Waals surface area contributed by atoms with Gasteiger partial charge >= 0.3 is 0 Å². The Morgan fingerprint density at radius 2 is 0.808 bits per heavy atom. The van der Waals surface area contributed by atoms with Gasteiger partial charge in [0.25, 0.3) is 0 Å². The van der Waals surface area contributed by atoms with Crippen molar-refractivity contribution < 1.29 is 0 Å². The van der Waals surface area contributed by atoms with E-state index in [-0.39, 0.29) is 0 Å². The van der Waals surface area contributed by atoms with Crippen molar-refractivity contribution >= 4 is 58.8 Å². The molecule has 0 saturated heterocycles. The number of rotatable bonds is 15. The van der Waals surface area contributed by atoms with Crippen LogP contribution in [-0.4, -0.2) is 28.8 Å². The van der Waals surface area contributed by atoms with E-state index in [2.05, 4.69) is 39.0 Å². The SMILES string of the molecule is C=CCSc1cc(SCC=C)c(SCC=C)c(SCC=C)c1SCC=C. The van der Waals surface area contributed by atoms with Crippen molar-refractivity contribution in [3.05, 3.63) is 69.3 Å². The number of thioether (sulfide) groups is 5. The van der Waals surface area contributed by atoms with Gasteiger partial charge < -0.3 is 0 Å². The second kappa shape index (κ2) is 14.7. The molecule has 5 heteroatoms. The number of hydrogen-bond acceptors (Lipinski definition) is 5. The minimum Gasteiger partial charge on any atom is -0.121 e. The lowest BCUT2D eigenvalue weighted by atomic mass is 10.3. The molecule has 26 heavy (non-hydrogen) atoms. The van der Waals surface area contributed by atoms with Crippen molar-refractivity contribution in [1.82, 2.24) is 0 Å². The van der Waals surface area contributed by atoms with Gasteiger partial charge in [0, 0.05) is 53.2 Å². The molecule has 1 rings (SSSR count). The Morgan fingerprint density at radius 3 is 1.15 bits per heavy atom. The smallest absolute Gasteiger partial charge is 0.0370 e. The minimum atomic E-state index is 0.893. The Labute approximate surface area is 180 Å². The summed E-state index contributed by atoms with van der Waals surface area (Å²) in [5.74, 6) is 4.49. The first-order chi connectivity index (χ1) is 12.7. The third-order valence-corrected chi connectivity index (χ3v) is 8.79. The summed E-state index contributed by atoms with van der Waals surface area (Å²) in [6.07, 6.45) is 9.81. The maximum atomic E-state index is 3.90. The van der Waals surface area contributed by atoms with Crippen molar-refractivity contribution in [2.24, 2.45) is 0 Å². The Balaban J connectivity index is 3.52. The Hall–Kier alpha value is -0.330. The van der Waals surface area contributed by atoms with E-state index in [0.717, 1.165) is 28.8 Å². The van der Waals surface area contributed by atoms with Crippen LogP contribution in [0.3, 0.4) is 0 Å². The molecule has 0 aliphatic heterocycles. The van der Waals surface area contributed by atoms with E-state index in [1.54, 1.807) is 0 Å². The zero-order valence-corrected chi connectivity index (χ0v) is 19.2. The van der Waals surface area contributed by atoms with E-state index in [9.17, 15) is 0 Å². The molecule has 0 bridgehead atoms. The van der Waals surface area contributed by atoms with Gasteiger partial charge in [0.1, 0.15) is 0 Å². The molecule has 0 nitrogen and oxygen atoms in total. The van der Waals surface area contributed by atoms with E-state index in [1.165, 1.54) is 24.5 Å². The highest BCUT2D eigenvalue weighted by atomic mass is 32.2. The Kier molecular flexibility index (Phi) is 13.4. The minimum absolute atomic E-state index is 0.893. The van der Waals surface area contributed by atoms with Gasteiger partial charge in [-0.2, -0.15) is 0 Å². The molecule has 0 amide bonds. The van der Waals surface area contributed by atoms with E-state index in [0.29, 0.717) is 0 Å². The summed E-state index contributed by atoms with van der Waals surface area (Å²) in [5, 5.41) is 0. The van der Waals surface area contributed by atoms with Crippen LogP contribution in [0.5, 0.6) is 0 Å². The fourth-order valence-corrected chi connectivity index (χ4v) is 7.27. The van der Waals surface area contributed by atoms with Gasteiger partial charge in [-0.05, 0) is 6.07 Å². The number of hydrogen-bond donors (Lipinski definition) is 0. The first-order valence-corrected chi connectivity index (χ1v) is 13.1. The highest BCUT2D eigenvalue weighted by Gasteiger charge is 2.19. The van der Waals surface area contributed by atoms with Crippen LogP contribution in [0.2, 0.25) is 0 Å². The first-order valence-electron chi connectivity index (χ1n) is 8.12. The predicted molar refractivity (Wildman–Crippen MR) is 131 cm³/mol. The van der Waals surface area contributed by atoms with Crippen LogP contribution in [0.4, 0.5) is 0 Å². The fraction of sp³-hybridized carbons (Fsp3) is 0.238. The molecule has 0 heterocycles. The third kappa shape index (κ3) is 7.73. The summed E-state index contributed by atoms with van der Waals surface area (Å²) in [5.41, 5.74) is 0. The molecular formula is C21H26S5. The summed E-state index contributed by atoms with van der Waals surface area (Å²) in [6.45, 7) is 19.4. The van der Waals surface area contributed by atoms with Gasteiger partial charge in [-0.15, -0.1) is 91.7 Å². The highest BCUT2D eigenvalue weighted by molar-refractivity contribution is 8.05. The maximum absolute atomic E-state index is 3.90. The van der Waals surface area contributed by atoms with Crippen LogP contribution >= 0.6 is 58.8 Å². The maximum Gasteiger partial charge on any atom is 0.0370 e. The van der Waals surface area contributed by atoms with E-state index in [1.807, 2.05) is 89.2 Å². The third-order valence-electron chi connectivity index (χ3n) is 2.87. The molecule has 0 aromatic heterocycles. The van der Waals surface area contributed by atoms with Crippen LogP contribution < -0.4 is 0 Å². The lowest BCUT2D eigenvalue weighted by Gasteiger charge is -2.20. The van der Waals surface area contributed by atoms with Gasteiger partial charge in [0.15, 0.2) is 0 Å². The summed E-state index contributed by atoms with van der Waals surface area (Å²) < 4.78 is 0. The quantitative estimate of drug-likeness (QED) is 0.200. The standard InChI is InChI=1S/C21H26S5/c1-6-11-22-17-16-18(23-12-7-2)20(25-14-9-4)21(26-15-10-5)19(17)24-13-8-3/h6-10,16H,1-5,11-15H2. The molecule has 140 valence electrons. The highest BCUT2D eigenvalue weighted by Crippen LogP contribution is 2.48. The van der Waals surface area contributed by atoms with Gasteiger partial charge in [0.2, 0.25) is 0 Å². The monoisotopic (exact) mass is 438 g/mol. The van der Waals surface area contributed by atoms with E-state index >= 15 is 0 Å². The summed E-state index contributed by atoms with van der Waals surface area (Å²) in [4.78, 5) is 6.68. The zero-order chi connectivity index (χ0) is 19.2. The summed E-state index contributed by atoms with van der Waals surface area (Å²) in [7, 11) is 0. The lowest BCUT2D eigenvalue weighted by Crippen LogP contribution is -1.94. The molecule has 0 spiro atoms. The van der Waals surface area contributed by atoms with Gasteiger partial charge in [-0.1, -0.05) is 30.4 Å². The molecule has 0 saturated carbocycles. The predicted octanol–water partition coefficient (Wildman–Crippen LogP) is 8.08. The molecular weight excluding hydrogens is 413 g/mol.